The van der Waals surface area contributed by atoms with Crippen molar-refractivity contribution in [2.45, 2.75) is 20.0 Å². The van der Waals surface area contributed by atoms with Gasteiger partial charge in [-0.25, -0.2) is 0 Å². The average molecular weight is 342 g/mol. The van der Waals surface area contributed by atoms with Crippen molar-refractivity contribution in [2.75, 3.05) is 26.2 Å². The predicted octanol–water partition coefficient (Wildman–Crippen LogP) is 1.91. The van der Waals surface area contributed by atoms with E-state index in [2.05, 4.69) is 0 Å². The molecule has 0 saturated carbocycles. The first-order valence-electron chi connectivity index (χ1n) is 8.35. The molecular formula is C19H22N2O4. The number of rotatable bonds is 3. The normalized spacial score (nSPS) is 16.0. The van der Waals surface area contributed by atoms with E-state index in [-0.39, 0.29) is 11.8 Å². The van der Waals surface area contributed by atoms with E-state index < -0.39 is 6.10 Å². The van der Waals surface area contributed by atoms with Crippen LogP contribution in [0.5, 0.6) is 0 Å². The van der Waals surface area contributed by atoms with Gasteiger partial charge in [-0.2, -0.15) is 0 Å². The van der Waals surface area contributed by atoms with Gasteiger partial charge in [-0.05, 0) is 25.5 Å². The van der Waals surface area contributed by atoms with Crippen LogP contribution in [0, 0.1) is 13.8 Å². The van der Waals surface area contributed by atoms with Crippen molar-refractivity contribution in [1.29, 1.82) is 0 Å². The number of aliphatic hydroxyl groups is 1. The van der Waals surface area contributed by atoms with Gasteiger partial charge in [-0.15, -0.1) is 0 Å². The lowest BCUT2D eigenvalue weighted by atomic mass is 10.1. The van der Waals surface area contributed by atoms with Crippen molar-refractivity contribution < 1.29 is 19.1 Å². The minimum absolute atomic E-state index is 0.0787. The zero-order valence-corrected chi connectivity index (χ0v) is 14.4. The van der Waals surface area contributed by atoms with Gasteiger partial charge in [0.25, 0.3) is 11.8 Å². The maximum absolute atomic E-state index is 12.6. The molecule has 1 aliphatic heterocycles. The molecule has 1 aromatic carbocycles. The SMILES string of the molecule is Cc1cc(C(=O)N2CCN(C(=O)C(O)c3ccccc3)CC2)c(C)o1. The summed E-state index contributed by atoms with van der Waals surface area (Å²) < 4.78 is 5.42. The monoisotopic (exact) mass is 342 g/mol. The fraction of sp³-hybridized carbons (Fsp3) is 0.368. The van der Waals surface area contributed by atoms with Crippen LogP contribution in [-0.2, 0) is 4.79 Å². The summed E-state index contributed by atoms with van der Waals surface area (Å²) in [5.41, 5.74) is 1.15. The summed E-state index contributed by atoms with van der Waals surface area (Å²) in [5, 5.41) is 10.2. The Bertz CT molecular complexity index is 761. The van der Waals surface area contributed by atoms with Crippen molar-refractivity contribution in [3.05, 3.63) is 59.0 Å². The van der Waals surface area contributed by atoms with Gasteiger partial charge in [0, 0.05) is 26.2 Å². The second-order valence-electron chi connectivity index (χ2n) is 6.26. The number of furan rings is 1. The molecular weight excluding hydrogens is 320 g/mol. The van der Waals surface area contributed by atoms with E-state index in [4.69, 9.17) is 4.42 Å². The van der Waals surface area contributed by atoms with Gasteiger partial charge in [0.05, 0.1) is 5.56 Å². The minimum atomic E-state index is -1.16. The maximum atomic E-state index is 12.6. The third kappa shape index (κ3) is 3.58. The van der Waals surface area contributed by atoms with Crippen molar-refractivity contribution in [3.8, 4) is 0 Å². The molecule has 2 amide bonds. The lowest BCUT2D eigenvalue weighted by molar-refractivity contribution is -0.142. The molecule has 0 radical (unpaired) electrons. The molecule has 6 nitrogen and oxygen atoms in total. The molecule has 0 spiro atoms. The van der Waals surface area contributed by atoms with Crippen LogP contribution in [0.4, 0.5) is 0 Å². The van der Waals surface area contributed by atoms with Gasteiger partial charge in [-0.1, -0.05) is 30.3 Å². The number of aliphatic hydroxyl groups excluding tert-OH is 1. The van der Waals surface area contributed by atoms with E-state index >= 15 is 0 Å². The first-order chi connectivity index (χ1) is 12.0. The molecule has 1 aliphatic rings. The van der Waals surface area contributed by atoms with Gasteiger partial charge in [0.15, 0.2) is 6.10 Å². The zero-order valence-electron chi connectivity index (χ0n) is 14.4. The van der Waals surface area contributed by atoms with E-state index in [0.29, 0.717) is 48.8 Å². The number of benzene rings is 1. The topological polar surface area (TPSA) is 74.0 Å². The summed E-state index contributed by atoms with van der Waals surface area (Å²) in [6, 6.07) is 10.6. The summed E-state index contributed by atoms with van der Waals surface area (Å²) in [4.78, 5) is 28.4. The smallest absolute Gasteiger partial charge is 0.257 e. The molecule has 1 atom stereocenters. The number of hydrogen-bond donors (Lipinski definition) is 1. The minimum Gasteiger partial charge on any atom is -0.466 e. The van der Waals surface area contributed by atoms with Crippen LogP contribution in [0.25, 0.3) is 0 Å². The number of piperazine rings is 1. The Morgan fingerprint density at radius 1 is 1.04 bits per heavy atom. The molecule has 3 rings (SSSR count). The molecule has 1 N–H and O–H groups in total. The summed E-state index contributed by atoms with van der Waals surface area (Å²) in [5.74, 6) is 0.917. The van der Waals surface area contributed by atoms with Gasteiger partial charge < -0.3 is 19.3 Å². The van der Waals surface area contributed by atoms with Crippen LogP contribution in [0.15, 0.2) is 40.8 Å². The number of carbonyl (C=O) groups excluding carboxylic acids is 2. The highest BCUT2D eigenvalue weighted by molar-refractivity contribution is 5.95. The fourth-order valence-electron chi connectivity index (χ4n) is 3.09. The van der Waals surface area contributed by atoms with Crippen molar-refractivity contribution >= 4 is 11.8 Å². The van der Waals surface area contributed by atoms with E-state index in [9.17, 15) is 14.7 Å². The van der Waals surface area contributed by atoms with E-state index in [1.165, 1.54) is 0 Å². The molecule has 1 aromatic heterocycles. The number of aryl methyl sites for hydroxylation is 2. The summed E-state index contributed by atoms with van der Waals surface area (Å²) >= 11 is 0. The molecule has 2 aromatic rings. The standard InChI is InChI=1S/C19H22N2O4/c1-13-12-16(14(2)25-13)18(23)20-8-10-21(11-9-20)19(24)17(22)15-6-4-3-5-7-15/h3-7,12,17,22H,8-11H2,1-2H3. The summed E-state index contributed by atoms with van der Waals surface area (Å²) in [6.45, 7) is 5.28. The van der Waals surface area contributed by atoms with E-state index in [0.717, 1.165) is 0 Å². The molecule has 1 saturated heterocycles. The summed E-state index contributed by atoms with van der Waals surface area (Å²) in [7, 11) is 0. The molecule has 132 valence electrons. The highest BCUT2D eigenvalue weighted by Crippen LogP contribution is 2.19. The highest BCUT2D eigenvalue weighted by atomic mass is 16.3. The maximum Gasteiger partial charge on any atom is 0.257 e. The van der Waals surface area contributed by atoms with Gasteiger partial charge in [0.2, 0.25) is 0 Å². The average Bonchev–Trinajstić information content (AvgIpc) is 2.99. The van der Waals surface area contributed by atoms with E-state index in [1.54, 1.807) is 47.1 Å². The number of hydrogen-bond acceptors (Lipinski definition) is 4. The van der Waals surface area contributed by atoms with Gasteiger partial charge >= 0.3 is 0 Å². The van der Waals surface area contributed by atoms with Crippen LogP contribution < -0.4 is 0 Å². The molecule has 1 unspecified atom stereocenters. The van der Waals surface area contributed by atoms with Crippen LogP contribution in [-0.4, -0.2) is 52.9 Å². The van der Waals surface area contributed by atoms with Gasteiger partial charge in [-0.3, -0.25) is 9.59 Å². The highest BCUT2D eigenvalue weighted by Gasteiger charge is 2.29. The molecule has 0 aliphatic carbocycles. The number of amides is 2. The lowest BCUT2D eigenvalue weighted by Crippen LogP contribution is -2.51. The molecule has 0 bridgehead atoms. The third-order valence-electron chi connectivity index (χ3n) is 4.50. The van der Waals surface area contributed by atoms with Crippen LogP contribution in [0.2, 0.25) is 0 Å². The Morgan fingerprint density at radius 2 is 1.64 bits per heavy atom. The van der Waals surface area contributed by atoms with Crippen LogP contribution >= 0.6 is 0 Å². The quantitative estimate of drug-likeness (QED) is 0.925. The summed E-state index contributed by atoms with van der Waals surface area (Å²) in [6.07, 6.45) is -1.16. The largest absolute Gasteiger partial charge is 0.466 e. The Hall–Kier alpha value is -2.60. The Morgan fingerprint density at radius 3 is 2.20 bits per heavy atom. The molecule has 2 heterocycles. The van der Waals surface area contributed by atoms with Crippen molar-refractivity contribution in [1.82, 2.24) is 9.80 Å². The van der Waals surface area contributed by atoms with Crippen molar-refractivity contribution in [3.63, 3.8) is 0 Å². The molecule has 25 heavy (non-hydrogen) atoms. The second kappa shape index (κ2) is 7.11. The first-order valence-corrected chi connectivity index (χ1v) is 8.35. The predicted molar refractivity (Wildman–Crippen MR) is 92.1 cm³/mol. The zero-order chi connectivity index (χ0) is 18.0. The fourth-order valence-corrected chi connectivity index (χ4v) is 3.09. The third-order valence-corrected chi connectivity index (χ3v) is 4.50. The second-order valence-corrected chi connectivity index (χ2v) is 6.26. The molecule has 1 fully saturated rings. The number of carbonyl (C=O) groups is 2. The Balaban J connectivity index is 1.61. The van der Waals surface area contributed by atoms with Gasteiger partial charge in [0.1, 0.15) is 11.5 Å². The van der Waals surface area contributed by atoms with Crippen molar-refractivity contribution in [2.24, 2.45) is 0 Å². The number of nitrogens with zero attached hydrogens (tertiary/aromatic N) is 2. The lowest BCUT2D eigenvalue weighted by Gasteiger charge is -2.35. The Labute approximate surface area is 146 Å². The van der Waals surface area contributed by atoms with Crippen LogP contribution in [0.3, 0.4) is 0 Å². The first kappa shape index (κ1) is 17.2. The van der Waals surface area contributed by atoms with Crippen LogP contribution in [0.1, 0.15) is 33.5 Å². The molecule has 6 heteroatoms. The Kier molecular flexibility index (Phi) is 4.90. The van der Waals surface area contributed by atoms with E-state index in [1.807, 2.05) is 13.0 Å².